The number of nitrogens with one attached hydrogen (secondary N) is 1. The Hall–Kier alpha value is -3.24. The van der Waals surface area contributed by atoms with Crippen LogP contribution < -0.4 is 5.32 Å². The standard InChI is InChI=1S/C24H21FN4OS/c25-17-5-7-18(8-6-17)28-21-4-2-1-3-19(21)23-11-27-24(31-23)22(30)10-15-9-16-12-29(14-26)13-20(15)16/h1-8,11,15-16,20,28H,9-10,12-13H2. The van der Waals surface area contributed by atoms with Crippen LogP contribution in [-0.4, -0.2) is 28.8 Å². The van der Waals surface area contributed by atoms with E-state index in [0.717, 1.165) is 41.3 Å². The van der Waals surface area contributed by atoms with Crippen LogP contribution >= 0.6 is 11.3 Å². The maximum absolute atomic E-state index is 13.2. The summed E-state index contributed by atoms with van der Waals surface area (Å²) in [6.45, 7) is 1.62. The van der Waals surface area contributed by atoms with Crippen molar-refractivity contribution in [2.75, 3.05) is 18.4 Å². The number of ketones is 1. The first-order chi connectivity index (χ1) is 15.1. The number of halogens is 1. The highest BCUT2D eigenvalue weighted by Gasteiger charge is 2.47. The van der Waals surface area contributed by atoms with E-state index in [2.05, 4.69) is 16.5 Å². The summed E-state index contributed by atoms with van der Waals surface area (Å²) >= 11 is 1.40. The Morgan fingerprint density at radius 1 is 1.23 bits per heavy atom. The van der Waals surface area contributed by atoms with E-state index in [9.17, 15) is 9.18 Å². The normalized spacial score (nSPS) is 21.8. The smallest absolute Gasteiger partial charge is 0.191 e. The summed E-state index contributed by atoms with van der Waals surface area (Å²) in [5, 5.41) is 12.9. The first-order valence-electron chi connectivity index (χ1n) is 10.4. The highest BCUT2D eigenvalue weighted by atomic mass is 32.1. The molecule has 0 bridgehead atoms. The predicted octanol–water partition coefficient (Wildman–Crippen LogP) is 5.31. The van der Waals surface area contributed by atoms with Gasteiger partial charge < -0.3 is 10.2 Å². The third-order valence-corrected chi connectivity index (χ3v) is 7.42. The maximum atomic E-state index is 13.2. The number of para-hydroxylation sites is 1. The van der Waals surface area contributed by atoms with Gasteiger partial charge in [0.05, 0.1) is 4.88 Å². The monoisotopic (exact) mass is 432 g/mol. The number of carbonyl (C=O) groups excluding carboxylic acids is 1. The highest BCUT2D eigenvalue weighted by Crippen LogP contribution is 2.47. The Bertz CT molecular complexity index is 1150. The molecule has 2 heterocycles. The molecule has 2 aliphatic rings. The van der Waals surface area contributed by atoms with Crippen LogP contribution in [0, 0.1) is 35.0 Å². The second-order valence-corrected chi connectivity index (χ2v) is 9.29. The summed E-state index contributed by atoms with van der Waals surface area (Å²) in [6.07, 6.45) is 5.51. The first kappa shape index (κ1) is 19.7. The number of hydrogen-bond acceptors (Lipinski definition) is 6. The number of thiazole rings is 1. The van der Waals surface area contributed by atoms with Crippen LogP contribution in [0.3, 0.4) is 0 Å². The fraction of sp³-hybridized carbons (Fsp3) is 0.292. The average molecular weight is 433 g/mol. The molecule has 7 heteroatoms. The van der Waals surface area contributed by atoms with Crippen molar-refractivity contribution in [3.63, 3.8) is 0 Å². The van der Waals surface area contributed by atoms with Crippen LogP contribution in [0.25, 0.3) is 10.4 Å². The Morgan fingerprint density at radius 3 is 2.84 bits per heavy atom. The molecule has 0 spiro atoms. The minimum atomic E-state index is -0.278. The minimum absolute atomic E-state index is 0.0825. The lowest BCUT2D eigenvalue weighted by Gasteiger charge is -2.38. The molecule has 31 heavy (non-hydrogen) atoms. The van der Waals surface area contributed by atoms with Crippen molar-refractivity contribution < 1.29 is 9.18 Å². The molecule has 1 saturated heterocycles. The van der Waals surface area contributed by atoms with Gasteiger partial charge in [-0.2, -0.15) is 5.26 Å². The molecule has 3 unspecified atom stereocenters. The van der Waals surface area contributed by atoms with Crippen LogP contribution in [0.15, 0.2) is 54.7 Å². The van der Waals surface area contributed by atoms with Gasteiger partial charge >= 0.3 is 0 Å². The van der Waals surface area contributed by atoms with Gasteiger partial charge in [-0.1, -0.05) is 18.2 Å². The van der Waals surface area contributed by atoms with Gasteiger partial charge in [-0.05, 0) is 54.5 Å². The number of benzene rings is 2. The molecule has 0 amide bonds. The molecule has 3 aromatic rings. The Balaban J connectivity index is 1.29. The summed E-state index contributed by atoms with van der Waals surface area (Å²) in [4.78, 5) is 20.0. The van der Waals surface area contributed by atoms with Crippen LogP contribution in [0.2, 0.25) is 0 Å². The molecule has 1 N–H and O–H groups in total. The van der Waals surface area contributed by atoms with Gasteiger partial charge in [0.1, 0.15) is 5.82 Å². The Morgan fingerprint density at radius 2 is 2.03 bits per heavy atom. The number of carbonyl (C=O) groups is 1. The number of anilines is 2. The van der Waals surface area contributed by atoms with E-state index < -0.39 is 0 Å². The van der Waals surface area contributed by atoms with E-state index in [-0.39, 0.29) is 11.6 Å². The summed E-state index contributed by atoms with van der Waals surface area (Å²) in [6, 6.07) is 14.0. The molecule has 1 aliphatic carbocycles. The fourth-order valence-corrected chi connectivity index (χ4v) is 5.62. The van der Waals surface area contributed by atoms with Gasteiger partial charge in [0, 0.05) is 42.6 Å². The Labute approximate surface area is 184 Å². The molecule has 5 rings (SSSR count). The lowest BCUT2D eigenvalue weighted by atomic mass is 9.65. The number of aromatic nitrogens is 1. The Kier molecular flexibility index (Phi) is 5.16. The summed E-state index contributed by atoms with van der Waals surface area (Å²) in [5.74, 6) is 1.19. The van der Waals surface area contributed by atoms with Crippen LogP contribution in [0.1, 0.15) is 22.6 Å². The van der Waals surface area contributed by atoms with Crippen LogP contribution in [-0.2, 0) is 0 Å². The molecule has 1 aromatic heterocycles. The molecule has 2 fully saturated rings. The zero-order valence-electron chi connectivity index (χ0n) is 16.8. The number of rotatable bonds is 6. The number of nitrogens with zero attached hydrogens (tertiary/aromatic N) is 3. The van der Waals surface area contributed by atoms with Gasteiger partial charge in [0.2, 0.25) is 0 Å². The van der Waals surface area contributed by atoms with E-state index in [1.165, 1.54) is 23.5 Å². The third-order valence-electron chi connectivity index (χ3n) is 6.35. The second kappa shape index (κ2) is 8.12. The largest absolute Gasteiger partial charge is 0.355 e. The quantitative estimate of drug-likeness (QED) is 0.422. The molecular formula is C24H21FN4OS. The maximum Gasteiger partial charge on any atom is 0.191 e. The topological polar surface area (TPSA) is 69.0 Å². The number of hydrogen-bond donors (Lipinski definition) is 1. The fourth-order valence-electron chi connectivity index (χ4n) is 4.71. The van der Waals surface area contributed by atoms with E-state index in [1.54, 1.807) is 18.3 Å². The van der Waals surface area contributed by atoms with Crippen molar-refractivity contribution >= 4 is 28.5 Å². The molecule has 1 saturated carbocycles. The number of fused-ring (bicyclic) bond motifs is 1. The summed E-state index contributed by atoms with van der Waals surface area (Å²) < 4.78 is 13.2. The van der Waals surface area contributed by atoms with E-state index >= 15 is 0 Å². The number of likely N-dealkylation sites (tertiary alicyclic amines) is 1. The summed E-state index contributed by atoms with van der Waals surface area (Å²) in [5.41, 5.74) is 2.62. The molecule has 1 aliphatic heterocycles. The third kappa shape index (κ3) is 3.91. The van der Waals surface area contributed by atoms with Crippen molar-refractivity contribution in [2.45, 2.75) is 12.8 Å². The number of Topliss-reactive ketones (excluding diaryl/α,β-unsaturated/α-hetero) is 1. The van der Waals surface area contributed by atoms with Crippen molar-refractivity contribution in [3.05, 3.63) is 65.6 Å². The van der Waals surface area contributed by atoms with Crippen LogP contribution in [0.5, 0.6) is 0 Å². The minimum Gasteiger partial charge on any atom is -0.355 e. The van der Waals surface area contributed by atoms with E-state index in [1.807, 2.05) is 29.2 Å². The van der Waals surface area contributed by atoms with Crippen molar-refractivity contribution in [1.29, 1.82) is 5.26 Å². The van der Waals surface area contributed by atoms with Crippen LogP contribution in [0.4, 0.5) is 15.8 Å². The lowest BCUT2D eigenvalue weighted by Crippen LogP contribution is -2.36. The molecular weight excluding hydrogens is 411 g/mol. The predicted molar refractivity (Wildman–Crippen MR) is 118 cm³/mol. The van der Waals surface area contributed by atoms with Crippen molar-refractivity contribution in [3.8, 4) is 16.6 Å². The second-order valence-electron chi connectivity index (χ2n) is 8.26. The molecule has 2 aromatic carbocycles. The van der Waals surface area contributed by atoms with Crippen molar-refractivity contribution in [1.82, 2.24) is 9.88 Å². The molecule has 3 atom stereocenters. The summed E-state index contributed by atoms with van der Waals surface area (Å²) in [7, 11) is 0. The average Bonchev–Trinajstić information content (AvgIpc) is 3.39. The highest BCUT2D eigenvalue weighted by molar-refractivity contribution is 7.17. The zero-order valence-corrected chi connectivity index (χ0v) is 17.6. The lowest BCUT2D eigenvalue weighted by molar-refractivity contribution is 0.0779. The van der Waals surface area contributed by atoms with Gasteiger partial charge in [-0.25, -0.2) is 9.37 Å². The van der Waals surface area contributed by atoms with Gasteiger partial charge in [0.25, 0.3) is 0 Å². The molecule has 0 radical (unpaired) electrons. The first-order valence-corrected chi connectivity index (χ1v) is 11.2. The van der Waals surface area contributed by atoms with E-state index in [4.69, 9.17) is 5.26 Å². The number of nitriles is 1. The molecule has 5 nitrogen and oxygen atoms in total. The van der Waals surface area contributed by atoms with Gasteiger partial charge in [-0.15, -0.1) is 11.3 Å². The van der Waals surface area contributed by atoms with Gasteiger partial charge in [-0.3, -0.25) is 4.79 Å². The van der Waals surface area contributed by atoms with E-state index in [0.29, 0.717) is 29.2 Å². The zero-order chi connectivity index (χ0) is 21.4. The molecule has 156 valence electrons. The van der Waals surface area contributed by atoms with Gasteiger partial charge in [0.15, 0.2) is 17.0 Å². The van der Waals surface area contributed by atoms with Crippen molar-refractivity contribution in [2.24, 2.45) is 17.8 Å². The SMILES string of the molecule is N#CN1CC2CC(CC(=O)c3ncc(-c4ccccc4Nc4ccc(F)cc4)s3)C2C1.